The van der Waals surface area contributed by atoms with Crippen molar-refractivity contribution in [2.24, 2.45) is 0 Å². The zero-order valence-corrected chi connectivity index (χ0v) is 19.1. The lowest BCUT2D eigenvalue weighted by Crippen LogP contribution is -2.11. The first-order valence-corrected chi connectivity index (χ1v) is 11.8. The SMILES string of the molecule is O=c1[nH]c(SCCc2ccc(C(F)(F)F)cc2F)nc2c1nc(-c1ccc(Cl)cc1)n2C1CC1. The predicted octanol–water partition coefficient (Wildman–Crippen LogP) is 6.27. The van der Waals surface area contributed by atoms with Crippen molar-refractivity contribution in [3.63, 3.8) is 0 Å². The third-order valence-electron chi connectivity index (χ3n) is 5.53. The Balaban J connectivity index is 1.40. The molecule has 1 fully saturated rings. The van der Waals surface area contributed by atoms with Gasteiger partial charge in [0.15, 0.2) is 16.3 Å². The molecule has 1 aliphatic carbocycles. The number of aryl methyl sites for hydroxylation is 1. The van der Waals surface area contributed by atoms with Crippen molar-refractivity contribution >= 4 is 34.5 Å². The highest BCUT2D eigenvalue weighted by Gasteiger charge is 2.32. The number of imidazole rings is 1. The van der Waals surface area contributed by atoms with Gasteiger partial charge in [-0.3, -0.25) is 9.78 Å². The molecule has 1 aliphatic rings. The topological polar surface area (TPSA) is 63.6 Å². The number of hydrogen-bond acceptors (Lipinski definition) is 4. The molecule has 1 saturated carbocycles. The lowest BCUT2D eigenvalue weighted by molar-refractivity contribution is -0.137. The largest absolute Gasteiger partial charge is 0.416 e. The van der Waals surface area contributed by atoms with Crippen molar-refractivity contribution in [2.75, 3.05) is 5.75 Å². The molecule has 0 spiro atoms. The maximum absolute atomic E-state index is 14.1. The fraction of sp³-hybridized carbons (Fsp3) is 0.261. The average Bonchev–Trinajstić information content (AvgIpc) is 3.54. The first kappa shape index (κ1) is 22.9. The van der Waals surface area contributed by atoms with E-state index in [1.807, 2.05) is 16.7 Å². The van der Waals surface area contributed by atoms with E-state index in [1.54, 1.807) is 12.1 Å². The van der Waals surface area contributed by atoms with E-state index in [0.29, 0.717) is 33.5 Å². The number of alkyl halides is 3. The molecule has 0 bridgehead atoms. The van der Waals surface area contributed by atoms with Crippen molar-refractivity contribution in [3.8, 4) is 11.4 Å². The van der Waals surface area contributed by atoms with Crippen LogP contribution in [0.5, 0.6) is 0 Å². The second-order valence-corrected chi connectivity index (χ2v) is 9.51. The molecule has 2 aromatic carbocycles. The fourth-order valence-corrected chi connectivity index (χ4v) is 4.65. The Labute approximate surface area is 200 Å². The van der Waals surface area contributed by atoms with Gasteiger partial charge in [-0.05, 0) is 61.2 Å². The van der Waals surface area contributed by atoms with Gasteiger partial charge in [0.25, 0.3) is 5.56 Å². The zero-order chi connectivity index (χ0) is 24.0. The third-order valence-corrected chi connectivity index (χ3v) is 6.66. The highest BCUT2D eigenvalue weighted by molar-refractivity contribution is 7.99. The summed E-state index contributed by atoms with van der Waals surface area (Å²) < 4.78 is 54.3. The van der Waals surface area contributed by atoms with E-state index >= 15 is 0 Å². The van der Waals surface area contributed by atoms with Crippen molar-refractivity contribution in [1.29, 1.82) is 0 Å². The average molecular weight is 509 g/mol. The summed E-state index contributed by atoms with van der Waals surface area (Å²) in [5, 5.41) is 0.936. The maximum atomic E-state index is 14.1. The molecule has 0 saturated heterocycles. The first-order valence-electron chi connectivity index (χ1n) is 10.5. The first-order chi connectivity index (χ1) is 16.2. The summed E-state index contributed by atoms with van der Waals surface area (Å²) in [4.78, 5) is 24.6. The van der Waals surface area contributed by atoms with E-state index < -0.39 is 17.6 Å². The molecule has 5 nitrogen and oxygen atoms in total. The fourth-order valence-electron chi connectivity index (χ4n) is 3.70. The molecule has 2 aromatic heterocycles. The van der Waals surface area contributed by atoms with E-state index in [0.717, 1.165) is 30.5 Å². The van der Waals surface area contributed by atoms with Crippen molar-refractivity contribution < 1.29 is 17.6 Å². The number of aromatic nitrogens is 4. The van der Waals surface area contributed by atoms with Crippen LogP contribution in [0.25, 0.3) is 22.6 Å². The Kier molecular flexibility index (Phi) is 5.89. The Bertz CT molecular complexity index is 1430. The van der Waals surface area contributed by atoms with Crippen LogP contribution in [-0.2, 0) is 12.6 Å². The van der Waals surface area contributed by atoms with Crippen LogP contribution in [0, 0.1) is 5.82 Å². The van der Waals surface area contributed by atoms with Crippen LogP contribution < -0.4 is 5.56 Å². The van der Waals surface area contributed by atoms with Crippen molar-refractivity contribution in [2.45, 2.75) is 36.6 Å². The molecule has 5 rings (SSSR count). The number of thioether (sulfide) groups is 1. The van der Waals surface area contributed by atoms with Crippen molar-refractivity contribution in [1.82, 2.24) is 19.5 Å². The molecular weight excluding hydrogens is 492 g/mol. The minimum atomic E-state index is -4.59. The molecule has 34 heavy (non-hydrogen) atoms. The number of nitrogens with zero attached hydrogens (tertiary/aromatic N) is 3. The van der Waals surface area contributed by atoms with E-state index in [9.17, 15) is 22.4 Å². The van der Waals surface area contributed by atoms with Crippen molar-refractivity contribution in [3.05, 3.63) is 74.8 Å². The highest BCUT2D eigenvalue weighted by atomic mass is 35.5. The van der Waals surface area contributed by atoms with E-state index in [-0.39, 0.29) is 29.1 Å². The van der Waals surface area contributed by atoms with Crippen LogP contribution >= 0.6 is 23.4 Å². The number of fused-ring (bicyclic) bond motifs is 1. The standard InChI is InChI=1S/C23H17ClF4N4OS/c24-15-5-2-13(3-6-15)19-29-18-20(32(19)16-7-8-16)30-22(31-21(18)33)34-10-9-12-1-4-14(11-17(12)25)23(26,27)28/h1-6,11,16H,7-10H2,(H,30,31,33). The Hall–Kier alpha value is -2.85. The van der Waals surface area contributed by atoms with E-state index in [2.05, 4.69) is 15.0 Å². The van der Waals surface area contributed by atoms with Crippen LogP contribution in [0.4, 0.5) is 17.6 Å². The molecule has 0 aliphatic heterocycles. The van der Waals surface area contributed by atoms with Crippen LogP contribution in [0.2, 0.25) is 5.02 Å². The Morgan fingerprint density at radius 3 is 2.50 bits per heavy atom. The summed E-state index contributed by atoms with van der Waals surface area (Å²) in [6, 6.07) is 9.89. The second-order valence-electron chi connectivity index (χ2n) is 7.99. The minimum Gasteiger partial charge on any atom is -0.305 e. The van der Waals surface area contributed by atoms with Gasteiger partial charge in [-0.2, -0.15) is 13.2 Å². The van der Waals surface area contributed by atoms with Crippen LogP contribution in [0.3, 0.4) is 0 Å². The summed E-state index contributed by atoms with van der Waals surface area (Å²) in [5.74, 6) is 0.0473. The number of hydrogen-bond donors (Lipinski definition) is 1. The number of H-pyrrole nitrogens is 1. The van der Waals surface area contributed by atoms with Gasteiger partial charge < -0.3 is 4.57 Å². The number of halogens is 5. The van der Waals surface area contributed by atoms with Crippen LogP contribution in [0.1, 0.15) is 30.0 Å². The Morgan fingerprint density at radius 2 is 1.85 bits per heavy atom. The molecular formula is C23H17ClF4N4OS. The van der Waals surface area contributed by atoms with Crippen LogP contribution in [0.15, 0.2) is 52.4 Å². The van der Waals surface area contributed by atoms with Crippen LogP contribution in [-0.4, -0.2) is 25.3 Å². The van der Waals surface area contributed by atoms with Gasteiger partial charge >= 0.3 is 6.18 Å². The monoisotopic (exact) mass is 508 g/mol. The highest BCUT2D eigenvalue weighted by Crippen LogP contribution is 2.40. The molecule has 2 heterocycles. The molecule has 11 heteroatoms. The number of nitrogens with one attached hydrogen (secondary N) is 1. The van der Waals surface area contributed by atoms with Gasteiger partial charge in [-0.25, -0.2) is 14.4 Å². The van der Waals surface area contributed by atoms with Gasteiger partial charge in [0.05, 0.1) is 5.56 Å². The lowest BCUT2D eigenvalue weighted by Gasteiger charge is -2.09. The number of aromatic amines is 1. The molecule has 0 radical (unpaired) electrons. The maximum Gasteiger partial charge on any atom is 0.416 e. The smallest absolute Gasteiger partial charge is 0.305 e. The Morgan fingerprint density at radius 1 is 1.12 bits per heavy atom. The summed E-state index contributed by atoms with van der Waals surface area (Å²) in [5.41, 5.74) is 0.276. The molecule has 176 valence electrons. The van der Waals surface area contributed by atoms with Gasteiger partial charge in [0, 0.05) is 22.4 Å². The summed E-state index contributed by atoms with van der Waals surface area (Å²) in [6.45, 7) is 0. The summed E-state index contributed by atoms with van der Waals surface area (Å²) in [7, 11) is 0. The zero-order valence-electron chi connectivity index (χ0n) is 17.5. The minimum absolute atomic E-state index is 0.164. The summed E-state index contributed by atoms with van der Waals surface area (Å²) >= 11 is 7.19. The second kappa shape index (κ2) is 8.74. The molecule has 1 N–H and O–H groups in total. The molecule has 4 aromatic rings. The van der Waals surface area contributed by atoms with Gasteiger partial charge in [-0.15, -0.1) is 0 Å². The third kappa shape index (κ3) is 4.56. The van der Waals surface area contributed by atoms with Gasteiger partial charge in [0.1, 0.15) is 11.6 Å². The summed E-state index contributed by atoms with van der Waals surface area (Å²) in [6.07, 6.45) is -2.51. The van der Waals surface area contributed by atoms with E-state index in [1.165, 1.54) is 11.8 Å². The normalized spacial score (nSPS) is 14.1. The van der Waals surface area contributed by atoms with E-state index in [4.69, 9.17) is 11.6 Å². The molecule has 0 amide bonds. The number of benzene rings is 2. The quantitative estimate of drug-likeness (QED) is 0.189. The van der Waals surface area contributed by atoms with Gasteiger partial charge in [0.2, 0.25) is 0 Å². The molecule has 0 unspecified atom stereocenters. The molecule has 0 atom stereocenters. The predicted molar refractivity (Wildman–Crippen MR) is 123 cm³/mol. The lowest BCUT2D eigenvalue weighted by atomic mass is 10.1. The number of rotatable bonds is 6. The van der Waals surface area contributed by atoms with Gasteiger partial charge in [-0.1, -0.05) is 29.4 Å².